The SMILES string of the molecule is COc1cc(NCCc2ncn(C)n2)ccc1N. The Morgan fingerprint density at radius 1 is 1.44 bits per heavy atom. The van der Waals surface area contributed by atoms with Gasteiger partial charge in [0.15, 0.2) is 5.82 Å². The molecule has 6 heteroatoms. The van der Waals surface area contributed by atoms with E-state index in [1.54, 1.807) is 18.1 Å². The lowest BCUT2D eigenvalue weighted by atomic mass is 10.2. The number of nitrogens with one attached hydrogen (secondary N) is 1. The summed E-state index contributed by atoms with van der Waals surface area (Å²) in [4.78, 5) is 4.16. The number of methoxy groups -OCH3 is 1. The molecule has 1 heterocycles. The Morgan fingerprint density at radius 3 is 2.94 bits per heavy atom. The van der Waals surface area contributed by atoms with Gasteiger partial charge in [0.25, 0.3) is 0 Å². The van der Waals surface area contributed by atoms with E-state index in [1.807, 2.05) is 25.2 Å². The van der Waals surface area contributed by atoms with Gasteiger partial charge < -0.3 is 15.8 Å². The van der Waals surface area contributed by atoms with Crippen molar-refractivity contribution in [1.82, 2.24) is 14.8 Å². The molecule has 96 valence electrons. The van der Waals surface area contributed by atoms with Crippen LogP contribution in [-0.4, -0.2) is 28.4 Å². The number of aromatic nitrogens is 3. The van der Waals surface area contributed by atoms with Crippen LogP contribution in [0.3, 0.4) is 0 Å². The number of aryl methyl sites for hydroxylation is 1. The minimum absolute atomic E-state index is 0.634. The van der Waals surface area contributed by atoms with E-state index in [0.29, 0.717) is 11.4 Å². The minimum atomic E-state index is 0.634. The number of anilines is 2. The molecule has 0 aliphatic carbocycles. The molecule has 3 N–H and O–H groups in total. The van der Waals surface area contributed by atoms with E-state index in [0.717, 1.165) is 24.5 Å². The summed E-state index contributed by atoms with van der Waals surface area (Å²) in [6.07, 6.45) is 2.47. The first kappa shape index (κ1) is 12.2. The van der Waals surface area contributed by atoms with Gasteiger partial charge in [0, 0.05) is 31.8 Å². The fraction of sp³-hybridized carbons (Fsp3) is 0.333. The number of nitrogens with zero attached hydrogens (tertiary/aromatic N) is 3. The number of ether oxygens (including phenoxy) is 1. The zero-order valence-corrected chi connectivity index (χ0v) is 10.6. The molecule has 0 atom stereocenters. The van der Waals surface area contributed by atoms with Gasteiger partial charge in [0.2, 0.25) is 0 Å². The molecule has 2 rings (SSSR count). The molecule has 0 bridgehead atoms. The molecule has 18 heavy (non-hydrogen) atoms. The van der Waals surface area contributed by atoms with E-state index >= 15 is 0 Å². The van der Waals surface area contributed by atoms with Crippen molar-refractivity contribution in [3.8, 4) is 5.75 Å². The molecule has 0 aliphatic heterocycles. The summed E-state index contributed by atoms with van der Waals surface area (Å²) in [6, 6.07) is 5.62. The Morgan fingerprint density at radius 2 is 2.28 bits per heavy atom. The van der Waals surface area contributed by atoms with E-state index in [2.05, 4.69) is 15.4 Å². The largest absolute Gasteiger partial charge is 0.495 e. The third kappa shape index (κ3) is 2.91. The van der Waals surface area contributed by atoms with Crippen LogP contribution in [0.15, 0.2) is 24.5 Å². The molecule has 0 aliphatic rings. The van der Waals surface area contributed by atoms with Gasteiger partial charge >= 0.3 is 0 Å². The first-order chi connectivity index (χ1) is 8.69. The monoisotopic (exact) mass is 247 g/mol. The van der Waals surface area contributed by atoms with Crippen molar-refractivity contribution >= 4 is 11.4 Å². The van der Waals surface area contributed by atoms with Crippen molar-refractivity contribution in [3.05, 3.63) is 30.4 Å². The Kier molecular flexibility index (Phi) is 3.66. The molecule has 0 unspecified atom stereocenters. The van der Waals surface area contributed by atoms with Gasteiger partial charge in [0.1, 0.15) is 12.1 Å². The highest BCUT2D eigenvalue weighted by Gasteiger charge is 2.02. The number of hydrogen-bond donors (Lipinski definition) is 2. The summed E-state index contributed by atoms with van der Waals surface area (Å²) in [7, 11) is 3.46. The van der Waals surface area contributed by atoms with Gasteiger partial charge in [-0.1, -0.05) is 0 Å². The molecule has 0 saturated heterocycles. The van der Waals surface area contributed by atoms with Gasteiger partial charge in [-0.2, -0.15) is 5.10 Å². The van der Waals surface area contributed by atoms with E-state index in [-0.39, 0.29) is 0 Å². The highest BCUT2D eigenvalue weighted by molar-refractivity contribution is 5.61. The maximum Gasteiger partial charge on any atom is 0.152 e. The zero-order valence-electron chi connectivity index (χ0n) is 10.6. The van der Waals surface area contributed by atoms with Crippen LogP contribution >= 0.6 is 0 Å². The molecular formula is C12H17N5O. The Balaban J connectivity index is 1.90. The van der Waals surface area contributed by atoms with Gasteiger partial charge in [-0.15, -0.1) is 0 Å². The lowest BCUT2D eigenvalue weighted by Crippen LogP contribution is -2.06. The van der Waals surface area contributed by atoms with Crippen molar-refractivity contribution < 1.29 is 4.74 Å². The van der Waals surface area contributed by atoms with Crippen LogP contribution in [0.5, 0.6) is 5.75 Å². The molecule has 0 saturated carbocycles. The van der Waals surface area contributed by atoms with E-state index in [4.69, 9.17) is 10.5 Å². The Labute approximate surface area is 106 Å². The van der Waals surface area contributed by atoms with Crippen molar-refractivity contribution in [1.29, 1.82) is 0 Å². The minimum Gasteiger partial charge on any atom is -0.495 e. The summed E-state index contributed by atoms with van der Waals surface area (Å²) >= 11 is 0. The number of hydrogen-bond acceptors (Lipinski definition) is 5. The predicted octanol–water partition coefficient (Wildman–Crippen LogP) is 1.06. The van der Waals surface area contributed by atoms with Crippen LogP contribution in [0.4, 0.5) is 11.4 Å². The van der Waals surface area contributed by atoms with Crippen LogP contribution < -0.4 is 15.8 Å². The summed E-state index contributed by atoms with van der Waals surface area (Å²) in [5, 5.41) is 7.49. The van der Waals surface area contributed by atoms with Gasteiger partial charge in [-0.3, -0.25) is 4.68 Å². The van der Waals surface area contributed by atoms with Gasteiger partial charge in [0.05, 0.1) is 12.8 Å². The van der Waals surface area contributed by atoms with Crippen LogP contribution in [0.25, 0.3) is 0 Å². The third-order valence-corrected chi connectivity index (χ3v) is 2.56. The molecule has 0 fully saturated rings. The van der Waals surface area contributed by atoms with Crippen LogP contribution in [0.1, 0.15) is 5.82 Å². The molecular weight excluding hydrogens is 230 g/mol. The average Bonchev–Trinajstić information content (AvgIpc) is 2.77. The smallest absolute Gasteiger partial charge is 0.152 e. The van der Waals surface area contributed by atoms with Gasteiger partial charge in [-0.25, -0.2) is 4.98 Å². The highest BCUT2D eigenvalue weighted by atomic mass is 16.5. The topological polar surface area (TPSA) is 78.0 Å². The van der Waals surface area contributed by atoms with E-state index in [1.165, 1.54) is 0 Å². The first-order valence-electron chi connectivity index (χ1n) is 5.71. The lowest BCUT2D eigenvalue weighted by molar-refractivity contribution is 0.417. The van der Waals surface area contributed by atoms with Crippen molar-refractivity contribution in [2.75, 3.05) is 24.7 Å². The van der Waals surface area contributed by atoms with Crippen LogP contribution in [-0.2, 0) is 13.5 Å². The third-order valence-electron chi connectivity index (χ3n) is 2.56. The Bertz CT molecular complexity index is 523. The predicted molar refractivity (Wildman–Crippen MR) is 70.6 cm³/mol. The van der Waals surface area contributed by atoms with E-state index in [9.17, 15) is 0 Å². The van der Waals surface area contributed by atoms with Gasteiger partial charge in [-0.05, 0) is 12.1 Å². The summed E-state index contributed by atoms with van der Waals surface area (Å²) in [5.74, 6) is 1.50. The Hall–Kier alpha value is -2.24. The second kappa shape index (κ2) is 5.39. The first-order valence-corrected chi connectivity index (χ1v) is 5.71. The van der Waals surface area contributed by atoms with Crippen molar-refractivity contribution in [2.45, 2.75) is 6.42 Å². The summed E-state index contributed by atoms with van der Waals surface area (Å²) < 4.78 is 6.86. The molecule has 2 aromatic rings. The molecule has 0 radical (unpaired) electrons. The quantitative estimate of drug-likeness (QED) is 0.772. The molecule has 1 aromatic heterocycles. The molecule has 6 nitrogen and oxygen atoms in total. The second-order valence-electron chi connectivity index (χ2n) is 3.97. The maximum atomic E-state index is 5.75. The van der Waals surface area contributed by atoms with E-state index < -0.39 is 0 Å². The van der Waals surface area contributed by atoms with Crippen LogP contribution in [0, 0.1) is 0 Å². The summed E-state index contributed by atoms with van der Waals surface area (Å²) in [5.41, 5.74) is 7.35. The molecule has 0 spiro atoms. The fourth-order valence-corrected chi connectivity index (χ4v) is 1.64. The zero-order chi connectivity index (χ0) is 13.0. The average molecular weight is 247 g/mol. The number of nitrogens with two attached hydrogens (primary N) is 1. The fourth-order valence-electron chi connectivity index (χ4n) is 1.64. The maximum absolute atomic E-state index is 5.75. The normalized spacial score (nSPS) is 10.3. The lowest BCUT2D eigenvalue weighted by Gasteiger charge is -2.09. The molecule has 0 amide bonds. The number of benzene rings is 1. The molecule has 1 aromatic carbocycles. The van der Waals surface area contributed by atoms with Crippen molar-refractivity contribution in [3.63, 3.8) is 0 Å². The number of nitrogen functional groups attached to an aromatic ring is 1. The second-order valence-corrected chi connectivity index (χ2v) is 3.97. The standard InChI is InChI=1S/C12H17N5O/c1-17-8-15-12(16-17)5-6-14-9-3-4-10(13)11(7-9)18-2/h3-4,7-8,14H,5-6,13H2,1-2H3. The highest BCUT2D eigenvalue weighted by Crippen LogP contribution is 2.24. The number of rotatable bonds is 5. The van der Waals surface area contributed by atoms with Crippen LogP contribution in [0.2, 0.25) is 0 Å². The summed E-state index contributed by atoms with van der Waals surface area (Å²) in [6.45, 7) is 0.761. The van der Waals surface area contributed by atoms with Crippen molar-refractivity contribution in [2.24, 2.45) is 7.05 Å².